The fraction of sp³-hybridized carbons (Fsp3) is 0.333. The first-order valence-electron chi connectivity index (χ1n) is 9.31. The van der Waals surface area contributed by atoms with Crippen molar-refractivity contribution >= 4 is 23.4 Å². The number of ether oxygens (including phenoxy) is 2. The quantitative estimate of drug-likeness (QED) is 0.856. The van der Waals surface area contributed by atoms with Gasteiger partial charge in [-0.25, -0.2) is 0 Å². The van der Waals surface area contributed by atoms with E-state index in [1.807, 2.05) is 17.0 Å². The highest BCUT2D eigenvalue weighted by atomic mass is 35.5. The van der Waals surface area contributed by atoms with Gasteiger partial charge in [0.2, 0.25) is 12.7 Å². The van der Waals surface area contributed by atoms with E-state index in [9.17, 15) is 9.59 Å². The molecule has 0 saturated carbocycles. The molecule has 6 nitrogen and oxygen atoms in total. The first kappa shape index (κ1) is 18.6. The molecule has 28 heavy (non-hydrogen) atoms. The summed E-state index contributed by atoms with van der Waals surface area (Å²) in [5.41, 5.74) is 1.50. The molecule has 0 spiro atoms. The molecular weight excluding hydrogens is 380 g/mol. The molecule has 0 bridgehead atoms. The molecule has 1 N–H and O–H groups in total. The molecule has 2 aromatic rings. The zero-order chi connectivity index (χ0) is 19.5. The van der Waals surface area contributed by atoms with Crippen LogP contribution in [-0.2, 0) is 11.2 Å². The predicted octanol–water partition coefficient (Wildman–Crippen LogP) is 3.03. The molecule has 2 aliphatic heterocycles. The van der Waals surface area contributed by atoms with Crippen LogP contribution in [-0.4, -0.2) is 42.6 Å². The van der Waals surface area contributed by atoms with Gasteiger partial charge >= 0.3 is 0 Å². The Hall–Kier alpha value is -2.73. The Morgan fingerprint density at radius 2 is 1.75 bits per heavy atom. The van der Waals surface area contributed by atoms with Gasteiger partial charge < -0.3 is 19.7 Å². The Balaban J connectivity index is 1.27. The molecule has 0 atom stereocenters. The molecule has 7 heteroatoms. The van der Waals surface area contributed by atoms with Gasteiger partial charge in [-0.3, -0.25) is 9.59 Å². The monoisotopic (exact) mass is 400 g/mol. The maximum Gasteiger partial charge on any atom is 0.251 e. The van der Waals surface area contributed by atoms with Crippen molar-refractivity contribution in [3.05, 3.63) is 58.6 Å². The fourth-order valence-corrected chi connectivity index (χ4v) is 3.59. The number of likely N-dealkylation sites (tertiary alicyclic amines) is 1. The summed E-state index contributed by atoms with van der Waals surface area (Å²) in [4.78, 5) is 26.8. The predicted molar refractivity (Wildman–Crippen MR) is 105 cm³/mol. The van der Waals surface area contributed by atoms with Crippen molar-refractivity contribution in [1.29, 1.82) is 0 Å². The van der Waals surface area contributed by atoms with E-state index in [1.165, 1.54) is 0 Å². The minimum atomic E-state index is -0.135. The summed E-state index contributed by atoms with van der Waals surface area (Å²) in [6.45, 7) is 1.46. The Morgan fingerprint density at radius 1 is 1.04 bits per heavy atom. The molecule has 146 valence electrons. The van der Waals surface area contributed by atoms with Gasteiger partial charge in [-0.05, 0) is 48.7 Å². The standard InChI is InChI=1S/C21H21ClN2O4/c22-16-4-1-14(2-5-16)11-20(25)24-9-7-17(8-10-24)23-21(26)15-3-6-18-19(12-15)28-13-27-18/h1-6,12,17H,7-11,13H2,(H,23,26). The average molecular weight is 401 g/mol. The molecule has 0 aliphatic carbocycles. The summed E-state index contributed by atoms with van der Waals surface area (Å²) < 4.78 is 10.6. The van der Waals surface area contributed by atoms with Crippen LogP contribution < -0.4 is 14.8 Å². The summed E-state index contributed by atoms with van der Waals surface area (Å²) in [7, 11) is 0. The molecule has 4 rings (SSSR count). The van der Waals surface area contributed by atoms with Crippen molar-refractivity contribution in [1.82, 2.24) is 10.2 Å². The third-order valence-corrected chi connectivity index (χ3v) is 5.34. The number of rotatable bonds is 4. The van der Waals surface area contributed by atoms with E-state index in [1.54, 1.807) is 30.3 Å². The normalized spacial score (nSPS) is 16.1. The second-order valence-electron chi connectivity index (χ2n) is 7.00. The molecule has 1 fully saturated rings. The smallest absolute Gasteiger partial charge is 0.251 e. The number of carbonyl (C=O) groups excluding carboxylic acids is 2. The first-order chi connectivity index (χ1) is 13.6. The van der Waals surface area contributed by atoms with E-state index < -0.39 is 0 Å². The number of piperidine rings is 1. The number of amides is 2. The Labute approximate surface area is 168 Å². The van der Waals surface area contributed by atoms with Crippen molar-refractivity contribution < 1.29 is 19.1 Å². The number of halogens is 1. The summed E-state index contributed by atoms with van der Waals surface area (Å²) in [5.74, 6) is 1.21. The van der Waals surface area contributed by atoms with Crippen molar-refractivity contribution in [3.8, 4) is 11.5 Å². The molecule has 2 amide bonds. The van der Waals surface area contributed by atoms with E-state index in [-0.39, 0.29) is 24.6 Å². The molecule has 2 aromatic carbocycles. The molecule has 0 unspecified atom stereocenters. The van der Waals surface area contributed by atoms with Crippen LogP contribution in [0.4, 0.5) is 0 Å². The lowest BCUT2D eigenvalue weighted by atomic mass is 10.0. The van der Waals surface area contributed by atoms with Gasteiger partial charge in [0, 0.05) is 29.7 Å². The highest BCUT2D eigenvalue weighted by Crippen LogP contribution is 2.32. The lowest BCUT2D eigenvalue weighted by molar-refractivity contribution is -0.131. The van der Waals surface area contributed by atoms with Crippen LogP contribution in [0.2, 0.25) is 5.02 Å². The van der Waals surface area contributed by atoms with Crippen LogP contribution in [0.1, 0.15) is 28.8 Å². The third kappa shape index (κ3) is 4.22. The van der Waals surface area contributed by atoms with Crippen molar-refractivity contribution in [2.75, 3.05) is 19.9 Å². The van der Waals surface area contributed by atoms with Crippen LogP contribution >= 0.6 is 11.6 Å². The minimum Gasteiger partial charge on any atom is -0.454 e. The van der Waals surface area contributed by atoms with E-state index in [0.29, 0.717) is 41.6 Å². The van der Waals surface area contributed by atoms with Gasteiger partial charge in [-0.15, -0.1) is 0 Å². The van der Waals surface area contributed by atoms with Gasteiger partial charge in [-0.2, -0.15) is 0 Å². The topological polar surface area (TPSA) is 67.9 Å². The highest BCUT2D eigenvalue weighted by Gasteiger charge is 2.25. The third-order valence-electron chi connectivity index (χ3n) is 5.09. The van der Waals surface area contributed by atoms with Gasteiger partial charge in [0.1, 0.15) is 0 Å². The van der Waals surface area contributed by atoms with Crippen LogP contribution in [0.3, 0.4) is 0 Å². The lowest BCUT2D eigenvalue weighted by Crippen LogP contribution is -2.47. The van der Waals surface area contributed by atoms with Gasteiger partial charge in [0.05, 0.1) is 6.42 Å². The zero-order valence-electron chi connectivity index (χ0n) is 15.3. The Morgan fingerprint density at radius 3 is 2.50 bits per heavy atom. The molecule has 0 radical (unpaired) electrons. The SMILES string of the molecule is O=C(NC1CCN(C(=O)Cc2ccc(Cl)cc2)CC1)c1ccc2c(c1)OCO2. The molecule has 1 saturated heterocycles. The van der Waals surface area contributed by atoms with Gasteiger partial charge in [0.15, 0.2) is 11.5 Å². The average Bonchev–Trinajstić information content (AvgIpc) is 3.18. The number of hydrogen-bond acceptors (Lipinski definition) is 4. The van der Waals surface area contributed by atoms with Gasteiger partial charge in [0.25, 0.3) is 5.91 Å². The van der Waals surface area contributed by atoms with Gasteiger partial charge in [-0.1, -0.05) is 23.7 Å². The van der Waals surface area contributed by atoms with E-state index in [0.717, 1.165) is 18.4 Å². The molecule has 0 aromatic heterocycles. The Bertz CT molecular complexity index is 876. The summed E-state index contributed by atoms with van der Waals surface area (Å²) in [6.07, 6.45) is 1.84. The summed E-state index contributed by atoms with van der Waals surface area (Å²) in [6, 6.07) is 12.6. The molecule has 2 heterocycles. The highest BCUT2D eigenvalue weighted by molar-refractivity contribution is 6.30. The maximum absolute atomic E-state index is 12.5. The minimum absolute atomic E-state index is 0.0532. The van der Waals surface area contributed by atoms with Crippen LogP contribution in [0.5, 0.6) is 11.5 Å². The second-order valence-corrected chi connectivity index (χ2v) is 7.44. The van der Waals surface area contributed by atoms with E-state index in [2.05, 4.69) is 5.32 Å². The molecular formula is C21H21ClN2O4. The fourth-order valence-electron chi connectivity index (χ4n) is 3.47. The number of hydrogen-bond donors (Lipinski definition) is 1. The lowest BCUT2D eigenvalue weighted by Gasteiger charge is -2.32. The molecule has 2 aliphatic rings. The number of nitrogens with zero attached hydrogens (tertiary/aromatic N) is 1. The van der Waals surface area contributed by atoms with Crippen LogP contribution in [0.15, 0.2) is 42.5 Å². The number of fused-ring (bicyclic) bond motifs is 1. The van der Waals surface area contributed by atoms with Crippen molar-refractivity contribution in [2.24, 2.45) is 0 Å². The van der Waals surface area contributed by atoms with Crippen LogP contribution in [0, 0.1) is 0 Å². The van der Waals surface area contributed by atoms with Crippen molar-refractivity contribution in [3.63, 3.8) is 0 Å². The van der Waals surface area contributed by atoms with Crippen LogP contribution in [0.25, 0.3) is 0 Å². The Kier molecular flexibility index (Phi) is 5.39. The summed E-state index contributed by atoms with van der Waals surface area (Å²) >= 11 is 5.88. The zero-order valence-corrected chi connectivity index (χ0v) is 16.1. The number of nitrogens with one attached hydrogen (secondary N) is 1. The first-order valence-corrected chi connectivity index (χ1v) is 9.69. The summed E-state index contributed by atoms with van der Waals surface area (Å²) in [5, 5.41) is 3.72. The van der Waals surface area contributed by atoms with E-state index in [4.69, 9.17) is 21.1 Å². The largest absolute Gasteiger partial charge is 0.454 e. The maximum atomic E-state index is 12.5. The van der Waals surface area contributed by atoms with E-state index >= 15 is 0 Å². The van der Waals surface area contributed by atoms with Crippen molar-refractivity contribution in [2.45, 2.75) is 25.3 Å². The number of carbonyl (C=O) groups is 2. The second kappa shape index (κ2) is 8.10. The number of benzene rings is 2.